The molecule has 0 aromatic carbocycles. The third-order valence-corrected chi connectivity index (χ3v) is 4.82. The first-order valence-electron chi connectivity index (χ1n) is 7.67. The normalized spacial score (nSPS) is 31.9. The van der Waals surface area contributed by atoms with Gasteiger partial charge in [0.05, 0.1) is 0 Å². The zero-order valence-electron chi connectivity index (χ0n) is 11.7. The second-order valence-corrected chi connectivity index (χ2v) is 6.54. The van der Waals surface area contributed by atoms with Gasteiger partial charge in [-0.3, -0.25) is 4.79 Å². The molecule has 18 heavy (non-hydrogen) atoms. The molecule has 2 unspecified atom stereocenters. The summed E-state index contributed by atoms with van der Waals surface area (Å²) in [5, 5.41) is 3.24. The van der Waals surface area contributed by atoms with Crippen molar-refractivity contribution in [3.05, 3.63) is 0 Å². The Morgan fingerprint density at radius 2 is 1.83 bits per heavy atom. The zero-order chi connectivity index (χ0) is 13.0. The molecule has 2 saturated carbocycles. The molecule has 3 nitrogen and oxygen atoms in total. The Labute approximate surface area is 111 Å². The third-order valence-electron chi connectivity index (χ3n) is 4.82. The van der Waals surface area contributed by atoms with Crippen molar-refractivity contribution in [2.24, 2.45) is 11.7 Å². The van der Waals surface area contributed by atoms with Crippen LogP contribution in [0.5, 0.6) is 0 Å². The fourth-order valence-corrected chi connectivity index (χ4v) is 3.54. The van der Waals surface area contributed by atoms with Crippen molar-refractivity contribution in [2.45, 2.75) is 82.7 Å². The Kier molecular flexibility index (Phi) is 4.66. The fourth-order valence-electron chi connectivity index (χ4n) is 3.54. The van der Waals surface area contributed by atoms with Crippen LogP contribution < -0.4 is 11.1 Å². The van der Waals surface area contributed by atoms with Crippen molar-refractivity contribution >= 4 is 5.91 Å². The first kappa shape index (κ1) is 13.9. The molecule has 2 aliphatic carbocycles. The summed E-state index contributed by atoms with van der Waals surface area (Å²) in [6, 6.07) is 0.380. The third kappa shape index (κ3) is 3.71. The molecule has 2 fully saturated rings. The summed E-state index contributed by atoms with van der Waals surface area (Å²) in [5.74, 6) is 0.798. The lowest BCUT2D eigenvalue weighted by atomic mass is 9.92. The maximum atomic E-state index is 12.1. The van der Waals surface area contributed by atoms with E-state index >= 15 is 0 Å². The highest BCUT2D eigenvalue weighted by Crippen LogP contribution is 2.30. The van der Waals surface area contributed by atoms with E-state index in [0.717, 1.165) is 19.3 Å². The minimum Gasteiger partial charge on any atom is -0.353 e. The number of hydrogen-bond acceptors (Lipinski definition) is 2. The quantitative estimate of drug-likeness (QED) is 0.759. The molecule has 0 spiro atoms. The number of nitrogens with two attached hydrogens (primary N) is 1. The van der Waals surface area contributed by atoms with Crippen molar-refractivity contribution in [3.63, 3.8) is 0 Å². The molecule has 2 aliphatic rings. The zero-order valence-corrected chi connectivity index (χ0v) is 11.7. The monoisotopic (exact) mass is 252 g/mol. The van der Waals surface area contributed by atoms with E-state index in [2.05, 4.69) is 12.2 Å². The molecule has 2 rings (SSSR count). The SMILES string of the molecule is CC1CCCCCC1NC(=O)CC1(N)CCCC1. The summed E-state index contributed by atoms with van der Waals surface area (Å²) in [7, 11) is 0. The highest BCUT2D eigenvalue weighted by atomic mass is 16.1. The molecule has 0 radical (unpaired) electrons. The summed E-state index contributed by atoms with van der Waals surface area (Å²) in [5.41, 5.74) is 6.06. The van der Waals surface area contributed by atoms with Crippen LogP contribution in [0, 0.1) is 5.92 Å². The number of carbonyl (C=O) groups excluding carboxylic acids is 1. The molecule has 1 amide bonds. The lowest BCUT2D eigenvalue weighted by Gasteiger charge is -2.27. The fraction of sp³-hybridized carbons (Fsp3) is 0.933. The molecule has 0 aromatic heterocycles. The van der Waals surface area contributed by atoms with Crippen molar-refractivity contribution in [1.29, 1.82) is 0 Å². The number of carbonyl (C=O) groups is 1. The number of amides is 1. The molecule has 0 saturated heterocycles. The van der Waals surface area contributed by atoms with E-state index in [9.17, 15) is 4.79 Å². The molecule has 3 N–H and O–H groups in total. The summed E-state index contributed by atoms with van der Waals surface area (Å²) in [6.07, 6.45) is 11.2. The van der Waals surface area contributed by atoms with E-state index in [-0.39, 0.29) is 11.4 Å². The van der Waals surface area contributed by atoms with E-state index in [1.165, 1.54) is 38.5 Å². The van der Waals surface area contributed by atoms with E-state index in [0.29, 0.717) is 18.4 Å². The van der Waals surface area contributed by atoms with Gasteiger partial charge in [-0.1, -0.05) is 39.0 Å². The number of hydrogen-bond donors (Lipinski definition) is 2. The van der Waals surface area contributed by atoms with Crippen LogP contribution in [0.1, 0.15) is 71.1 Å². The predicted molar refractivity (Wildman–Crippen MR) is 74.2 cm³/mol. The average Bonchev–Trinajstić information content (AvgIpc) is 2.63. The van der Waals surface area contributed by atoms with Gasteiger partial charge in [0, 0.05) is 18.0 Å². The Morgan fingerprint density at radius 3 is 2.56 bits per heavy atom. The molecule has 0 bridgehead atoms. The first-order chi connectivity index (χ1) is 8.59. The maximum absolute atomic E-state index is 12.1. The number of nitrogens with one attached hydrogen (secondary N) is 1. The highest BCUT2D eigenvalue weighted by molar-refractivity contribution is 5.77. The summed E-state index contributed by atoms with van der Waals surface area (Å²) >= 11 is 0. The van der Waals surface area contributed by atoms with Crippen LogP contribution in [0.15, 0.2) is 0 Å². The Bertz CT molecular complexity index is 284. The van der Waals surface area contributed by atoms with Crippen molar-refractivity contribution in [3.8, 4) is 0 Å². The van der Waals surface area contributed by atoms with Crippen LogP contribution in [0.25, 0.3) is 0 Å². The summed E-state index contributed by atoms with van der Waals surface area (Å²) in [6.45, 7) is 2.27. The van der Waals surface area contributed by atoms with Crippen LogP contribution in [0.2, 0.25) is 0 Å². The van der Waals surface area contributed by atoms with Gasteiger partial charge in [-0.15, -0.1) is 0 Å². The molecule has 2 atom stereocenters. The first-order valence-corrected chi connectivity index (χ1v) is 7.67. The largest absolute Gasteiger partial charge is 0.353 e. The van der Waals surface area contributed by atoms with Crippen molar-refractivity contribution in [2.75, 3.05) is 0 Å². The van der Waals surface area contributed by atoms with Gasteiger partial charge in [0.15, 0.2) is 0 Å². The van der Waals surface area contributed by atoms with Crippen LogP contribution >= 0.6 is 0 Å². The lowest BCUT2D eigenvalue weighted by Crippen LogP contribution is -2.46. The molecular formula is C15H28N2O. The summed E-state index contributed by atoms with van der Waals surface area (Å²) < 4.78 is 0. The van der Waals surface area contributed by atoms with Crippen molar-refractivity contribution < 1.29 is 4.79 Å². The van der Waals surface area contributed by atoms with Gasteiger partial charge in [0.1, 0.15) is 0 Å². The smallest absolute Gasteiger partial charge is 0.222 e. The van der Waals surface area contributed by atoms with Crippen LogP contribution in [0.4, 0.5) is 0 Å². The van der Waals surface area contributed by atoms with Crippen LogP contribution in [-0.2, 0) is 4.79 Å². The minimum atomic E-state index is -0.210. The van der Waals surface area contributed by atoms with E-state index in [1.807, 2.05) is 0 Å². The molecule has 0 aliphatic heterocycles. The summed E-state index contributed by atoms with van der Waals surface area (Å²) in [4.78, 5) is 12.1. The minimum absolute atomic E-state index is 0.179. The second-order valence-electron chi connectivity index (χ2n) is 6.54. The molecule has 3 heteroatoms. The second kappa shape index (κ2) is 6.05. The van der Waals surface area contributed by atoms with Gasteiger partial charge in [-0.25, -0.2) is 0 Å². The number of rotatable bonds is 3. The van der Waals surface area contributed by atoms with Gasteiger partial charge in [-0.05, 0) is 31.6 Å². The van der Waals surface area contributed by atoms with Crippen LogP contribution in [-0.4, -0.2) is 17.5 Å². The van der Waals surface area contributed by atoms with Gasteiger partial charge in [0.25, 0.3) is 0 Å². The van der Waals surface area contributed by atoms with Gasteiger partial charge in [0.2, 0.25) is 5.91 Å². The molecule has 0 aromatic rings. The Balaban J connectivity index is 1.82. The topological polar surface area (TPSA) is 55.1 Å². The average molecular weight is 252 g/mol. The molecular weight excluding hydrogens is 224 g/mol. The van der Waals surface area contributed by atoms with Crippen LogP contribution in [0.3, 0.4) is 0 Å². The van der Waals surface area contributed by atoms with Crippen molar-refractivity contribution in [1.82, 2.24) is 5.32 Å². The van der Waals surface area contributed by atoms with Gasteiger partial charge in [-0.2, -0.15) is 0 Å². The molecule has 104 valence electrons. The Morgan fingerprint density at radius 1 is 1.17 bits per heavy atom. The Hall–Kier alpha value is -0.570. The predicted octanol–water partition coefficient (Wildman–Crippen LogP) is 2.73. The molecule has 0 heterocycles. The highest BCUT2D eigenvalue weighted by Gasteiger charge is 2.32. The maximum Gasteiger partial charge on any atom is 0.222 e. The lowest BCUT2D eigenvalue weighted by molar-refractivity contribution is -0.123. The standard InChI is InChI=1S/C15H28N2O/c1-12-7-3-2-4-8-13(12)17-14(18)11-15(16)9-5-6-10-15/h12-13H,2-11,16H2,1H3,(H,17,18). The van der Waals surface area contributed by atoms with E-state index in [4.69, 9.17) is 5.73 Å². The van der Waals surface area contributed by atoms with E-state index in [1.54, 1.807) is 0 Å². The van der Waals surface area contributed by atoms with Gasteiger partial charge >= 0.3 is 0 Å². The van der Waals surface area contributed by atoms with E-state index < -0.39 is 0 Å². The van der Waals surface area contributed by atoms with Gasteiger partial charge < -0.3 is 11.1 Å².